The van der Waals surface area contributed by atoms with Gasteiger partial charge in [0.25, 0.3) is 0 Å². The minimum atomic E-state index is -0.676. The average Bonchev–Trinajstić information content (AvgIpc) is 2.25. The highest BCUT2D eigenvalue weighted by Gasteiger charge is 2.16. The molecule has 1 unspecified atom stereocenters. The molecular weight excluding hydrogens is 206 g/mol. The average molecular weight is 219 g/mol. The van der Waals surface area contributed by atoms with E-state index in [1.165, 1.54) is 0 Å². The predicted octanol–water partition coefficient (Wildman–Crippen LogP) is 0.977. The maximum absolute atomic E-state index is 11.5. The molecule has 1 rings (SSSR count). The largest absolute Gasteiger partial charge is 0.292 e. The number of nitriles is 1. The van der Waals surface area contributed by atoms with Gasteiger partial charge in [0.2, 0.25) is 11.9 Å². The lowest BCUT2D eigenvalue weighted by Crippen LogP contribution is -2.22. The number of hydrogen-bond donors (Lipinski definition) is 1. The number of carbonyl (C=O) groups excluding carboxylic acids is 1. The molecule has 1 atom stereocenters. The van der Waals surface area contributed by atoms with Crippen LogP contribution in [0, 0.1) is 31.1 Å². The van der Waals surface area contributed by atoms with Gasteiger partial charge in [-0.1, -0.05) is 6.92 Å². The smallest absolute Gasteiger partial charge is 0.249 e. The Bertz CT molecular complexity index is 437. The van der Waals surface area contributed by atoms with Crippen molar-refractivity contribution in [1.82, 2.24) is 15.2 Å². The van der Waals surface area contributed by atoms with Gasteiger partial charge in [-0.2, -0.15) is 10.4 Å². The number of aryl methyl sites for hydroxylation is 2. The van der Waals surface area contributed by atoms with E-state index in [-0.39, 0.29) is 5.95 Å². The molecule has 1 amide bonds. The van der Waals surface area contributed by atoms with Crippen molar-refractivity contribution >= 4 is 11.9 Å². The lowest BCUT2D eigenvalue weighted by Gasteiger charge is -2.06. The molecule has 0 bridgehead atoms. The second kappa shape index (κ2) is 5.16. The summed E-state index contributed by atoms with van der Waals surface area (Å²) >= 11 is 0. The van der Waals surface area contributed by atoms with Gasteiger partial charge in [-0.05, 0) is 20.3 Å². The van der Waals surface area contributed by atoms with Crippen molar-refractivity contribution < 1.29 is 4.79 Å². The first-order chi connectivity index (χ1) is 7.58. The molecule has 0 saturated heterocycles. The molecule has 0 spiro atoms. The second-order valence-corrected chi connectivity index (χ2v) is 3.39. The Hall–Kier alpha value is -2.03. The summed E-state index contributed by atoms with van der Waals surface area (Å²) in [5.74, 6) is -0.929. The Morgan fingerprint density at radius 2 is 2.12 bits per heavy atom. The van der Waals surface area contributed by atoms with E-state index >= 15 is 0 Å². The van der Waals surface area contributed by atoms with Crippen LogP contribution in [0.3, 0.4) is 0 Å². The molecule has 84 valence electrons. The fourth-order valence-electron chi connectivity index (χ4n) is 1.04. The number of nitrogens with zero attached hydrogens (tertiary/aromatic N) is 4. The van der Waals surface area contributed by atoms with E-state index in [1.54, 1.807) is 20.8 Å². The number of amides is 1. The topological polar surface area (TPSA) is 91.6 Å². The lowest BCUT2D eigenvalue weighted by atomic mass is 10.1. The zero-order valence-corrected chi connectivity index (χ0v) is 9.48. The molecule has 0 aliphatic heterocycles. The molecule has 0 aromatic carbocycles. The molecule has 1 aromatic heterocycles. The van der Waals surface area contributed by atoms with Crippen LogP contribution in [0.2, 0.25) is 0 Å². The zero-order valence-electron chi connectivity index (χ0n) is 9.48. The van der Waals surface area contributed by atoms with Gasteiger partial charge in [0.05, 0.1) is 17.5 Å². The van der Waals surface area contributed by atoms with Crippen molar-refractivity contribution in [2.45, 2.75) is 27.2 Å². The molecule has 0 radical (unpaired) electrons. The van der Waals surface area contributed by atoms with Crippen molar-refractivity contribution in [3.05, 3.63) is 11.4 Å². The van der Waals surface area contributed by atoms with Gasteiger partial charge in [-0.25, -0.2) is 4.98 Å². The van der Waals surface area contributed by atoms with Crippen LogP contribution in [-0.4, -0.2) is 21.1 Å². The molecule has 1 aromatic rings. The van der Waals surface area contributed by atoms with Crippen LogP contribution in [0.1, 0.15) is 24.7 Å². The lowest BCUT2D eigenvalue weighted by molar-refractivity contribution is -0.118. The number of hydrogen-bond acceptors (Lipinski definition) is 5. The third kappa shape index (κ3) is 2.73. The van der Waals surface area contributed by atoms with Crippen molar-refractivity contribution in [3.8, 4) is 6.07 Å². The quantitative estimate of drug-likeness (QED) is 0.818. The highest BCUT2D eigenvalue weighted by atomic mass is 16.2. The molecule has 6 nitrogen and oxygen atoms in total. The van der Waals surface area contributed by atoms with Gasteiger partial charge < -0.3 is 0 Å². The Balaban J connectivity index is 2.78. The number of anilines is 1. The van der Waals surface area contributed by atoms with Gasteiger partial charge >= 0.3 is 0 Å². The van der Waals surface area contributed by atoms with Gasteiger partial charge in [0.15, 0.2) is 0 Å². The number of nitrogens with one attached hydrogen (secondary N) is 1. The summed E-state index contributed by atoms with van der Waals surface area (Å²) in [5.41, 5.74) is 1.42. The highest BCUT2D eigenvalue weighted by molar-refractivity contribution is 5.92. The second-order valence-electron chi connectivity index (χ2n) is 3.39. The molecule has 16 heavy (non-hydrogen) atoms. The maximum atomic E-state index is 11.5. The summed E-state index contributed by atoms with van der Waals surface area (Å²) in [6, 6.07) is 1.91. The fourth-order valence-corrected chi connectivity index (χ4v) is 1.04. The molecule has 1 N–H and O–H groups in total. The third-order valence-corrected chi connectivity index (χ3v) is 2.21. The Kier molecular flexibility index (Phi) is 3.89. The minimum Gasteiger partial charge on any atom is -0.292 e. The van der Waals surface area contributed by atoms with E-state index in [4.69, 9.17) is 5.26 Å². The van der Waals surface area contributed by atoms with Crippen molar-refractivity contribution in [2.24, 2.45) is 5.92 Å². The van der Waals surface area contributed by atoms with Crippen LogP contribution < -0.4 is 5.32 Å². The zero-order chi connectivity index (χ0) is 12.1. The number of aromatic nitrogens is 3. The van der Waals surface area contributed by atoms with Crippen LogP contribution >= 0.6 is 0 Å². The summed E-state index contributed by atoms with van der Waals surface area (Å²) in [4.78, 5) is 15.6. The Morgan fingerprint density at radius 3 is 2.62 bits per heavy atom. The summed E-state index contributed by atoms with van der Waals surface area (Å²) in [6.45, 7) is 5.33. The summed E-state index contributed by atoms with van der Waals surface area (Å²) in [6.07, 6.45) is 0.459. The fraction of sp³-hybridized carbons (Fsp3) is 0.500. The number of rotatable bonds is 3. The van der Waals surface area contributed by atoms with Crippen LogP contribution in [0.25, 0.3) is 0 Å². The van der Waals surface area contributed by atoms with Crippen LogP contribution in [-0.2, 0) is 4.79 Å². The first-order valence-electron chi connectivity index (χ1n) is 4.96. The van der Waals surface area contributed by atoms with Gasteiger partial charge in [0.1, 0.15) is 5.92 Å². The first kappa shape index (κ1) is 12.0. The molecular formula is C10H13N5O. The molecule has 0 aliphatic rings. The van der Waals surface area contributed by atoms with E-state index in [2.05, 4.69) is 20.5 Å². The minimum absolute atomic E-state index is 0.141. The van der Waals surface area contributed by atoms with E-state index < -0.39 is 11.8 Å². The predicted molar refractivity (Wildman–Crippen MR) is 57.3 cm³/mol. The summed E-state index contributed by atoms with van der Waals surface area (Å²) in [5, 5.41) is 18.7. The third-order valence-electron chi connectivity index (χ3n) is 2.21. The molecule has 0 fully saturated rings. The first-order valence-corrected chi connectivity index (χ1v) is 4.96. The molecule has 0 aliphatic carbocycles. The summed E-state index contributed by atoms with van der Waals surface area (Å²) in [7, 11) is 0. The van der Waals surface area contributed by atoms with E-state index in [0.717, 1.165) is 0 Å². The Morgan fingerprint density at radius 1 is 1.44 bits per heavy atom. The van der Waals surface area contributed by atoms with E-state index in [9.17, 15) is 4.79 Å². The van der Waals surface area contributed by atoms with Crippen LogP contribution in [0.4, 0.5) is 5.95 Å². The Labute approximate surface area is 93.7 Å². The molecule has 0 saturated carbocycles. The van der Waals surface area contributed by atoms with E-state index in [0.29, 0.717) is 17.8 Å². The van der Waals surface area contributed by atoms with Crippen LogP contribution in [0.5, 0.6) is 0 Å². The SMILES string of the molecule is CCC(C#N)C(=O)Nc1nnc(C)c(C)n1. The summed E-state index contributed by atoms with van der Waals surface area (Å²) < 4.78 is 0. The highest BCUT2D eigenvalue weighted by Crippen LogP contribution is 2.06. The monoisotopic (exact) mass is 219 g/mol. The van der Waals surface area contributed by atoms with Gasteiger partial charge in [0, 0.05) is 0 Å². The standard InChI is InChI=1S/C10H13N5O/c1-4-8(5-11)9(16)13-10-12-6(2)7(3)14-15-10/h8H,4H2,1-3H3,(H,12,13,15,16). The molecule has 1 heterocycles. The van der Waals surface area contributed by atoms with Crippen LogP contribution in [0.15, 0.2) is 0 Å². The molecule has 6 heteroatoms. The van der Waals surface area contributed by atoms with Gasteiger partial charge in [-0.3, -0.25) is 10.1 Å². The van der Waals surface area contributed by atoms with Crippen molar-refractivity contribution in [1.29, 1.82) is 5.26 Å². The number of carbonyl (C=O) groups is 1. The van der Waals surface area contributed by atoms with Gasteiger partial charge in [-0.15, -0.1) is 5.10 Å². The van der Waals surface area contributed by atoms with E-state index in [1.807, 2.05) is 6.07 Å². The van der Waals surface area contributed by atoms with Crippen molar-refractivity contribution in [2.75, 3.05) is 5.32 Å². The van der Waals surface area contributed by atoms with Crippen molar-refractivity contribution in [3.63, 3.8) is 0 Å². The normalized spacial score (nSPS) is 11.6. The maximum Gasteiger partial charge on any atom is 0.249 e.